The second-order valence-electron chi connectivity index (χ2n) is 6.88. The van der Waals surface area contributed by atoms with E-state index in [0.29, 0.717) is 24.4 Å². The zero-order valence-electron chi connectivity index (χ0n) is 15.0. The Morgan fingerprint density at radius 1 is 1.28 bits per heavy atom. The number of rotatable bonds is 5. The molecule has 1 aromatic carbocycles. The van der Waals surface area contributed by atoms with Crippen molar-refractivity contribution in [1.82, 2.24) is 29.5 Å². The van der Waals surface area contributed by atoms with Crippen LogP contribution in [0.5, 0.6) is 0 Å². The second kappa shape index (κ2) is 6.57. The van der Waals surface area contributed by atoms with Gasteiger partial charge in [0.2, 0.25) is 11.8 Å². The molecule has 1 aliphatic rings. The quantitative estimate of drug-likeness (QED) is 0.708. The molecule has 1 saturated heterocycles. The summed E-state index contributed by atoms with van der Waals surface area (Å²) in [6.45, 7) is 5.53. The second-order valence-corrected chi connectivity index (χ2v) is 6.88. The number of nitrogens with zero attached hydrogens (tertiary/aromatic N) is 6. The van der Waals surface area contributed by atoms with Gasteiger partial charge in [0.15, 0.2) is 0 Å². The summed E-state index contributed by atoms with van der Waals surface area (Å²) in [5.74, 6) is 2.43. The molecule has 132 valence electrons. The van der Waals surface area contributed by atoms with E-state index in [4.69, 9.17) is 9.40 Å². The molecule has 0 radical (unpaired) electrons. The van der Waals surface area contributed by atoms with Gasteiger partial charge in [-0.2, -0.15) is 0 Å². The van der Waals surface area contributed by atoms with Crippen LogP contribution in [-0.2, 0) is 20.1 Å². The smallest absolute Gasteiger partial charge is 0.230 e. The van der Waals surface area contributed by atoms with Gasteiger partial charge in [0.05, 0.1) is 24.1 Å². The number of imidazole rings is 1. The highest BCUT2D eigenvalue weighted by Crippen LogP contribution is 2.20. The number of aromatic nitrogens is 4. The molecule has 0 unspecified atom stereocenters. The molecule has 0 amide bonds. The van der Waals surface area contributed by atoms with Crippen molar-refractivity contribution in [3.8, 4) is 0 Å². The van der Waals surface area contributed by atoms with Crippen molar-refractivity contribution in [1.29, 1.82) is 0 Å². The molecule has 0 saturated carbocycles. The summed E-state index contributed by atoms with van der Waals surface area (Å²) in [6.07, 6.45) is 1.15. The third-order valence-electron chi connectivity index (χ3n) is 5.07. The van der Waals surface area contributed by atoms with Gasteiger partial charge in [-0.15, -0.1) is 10.2 Å². The first-order valence-corrected chi connectivity index (χ1v) is 8.72. The zero-order chi connectivity index (χ0) is 17.4. The van der Waals surface area contributed by atoms with E-state index < -0.39 is 0 Å². The van der Waals surface area contributed by atoms with Crippen LogP contribution in [-0.4, -0.2) is 55.7 Å². The van der Waals surface area contributed by atoms with Gasteiger partial charge >= 0.3 is 0 Å². The number of fused-ring (bicyclic) bond motifs is 1. The minimum Gasteiger partial charge on any atom is -0.424 e. The van der Waals surface area contributed by atoms with Crippen molar-refractivity contribution >= 4 is 11.0 Å². The topological polar surface area (TPSA) is 63.2 Å². The number of aryl methyl sites for hydroxylation is 2. The molecule has 1 aliphatic heterocycles. The molecular weight excluding hydrogens is 316 g/mol. The Morgan fingerprint density at radius 2 is 2.12 bits per heavy atom. The molecular formula is C18H24N6O. The molecule has 2 aromatic heterocycles. The third kappa shape index (κ3) is 3.29. The molecule has 0 spiro atoms. The maximum Gasteiger partial charge on any atom is 0.230 e. The molecule has 0 N–H and O–H groups in total. The molecule has 3 heterocycles. The number of para-hydroxylation sites is 2. The lowest BCUT2D eigenvalue weighted by Crippen LogP contribution is -2.34. The molecule has 0 bridgehead atoms. The Balaban J connectivity index is 1.39. The Bertz CT molecular complexity index is 869. The normalized spacial score (nSPS) is 18.6. The molecule has 25 heavy (non-hydrogen) atoms. The van der Waals surface area contributed by atoms with Crippen LogP contribution in [0, 0.1) is 6.92 Å². The van der Waals surface area contributed by atoms with Gasteiger partial charge in [-0.1, -0.05) is 12.1 Å². The molecule has 0 aliphatic carbocycles. The van der Waals surface area contributed by atoms with Crippen LogP contribution in [0.2, 0.25) is 0 Å². The molecule has 4 rings (SSSR count). The predicted molar refractivity (Wildman–Crippen MR) is 94.9 cm³/mol. The third-order valence-corrected chi connectivity index (χ3v) is 5.07. The first kappa shape index (κ1) is 16.2. The highest BCUT2D eigenvalue weighted by molar-refractivity contribution is 5.75. The van der Waals surface area contributed by atoms with E-state index >= 15 is 0 Å². The number of likely N-dealkylation sites (N-methyl/N-ethyl adjacent to an activating group) is 1. The molecule has 3 aromatic rings. The Labute approximate surface area is 147 Å². The van der Waals surface area contributed by atoms with Crippen LogP contribution in [0.15, 0.2) is 28.7 Å². The lowest BCUT2D eigenvalue weighted by atomic mass is 10.2. The van der Waals surface area contributed by atoms with Gasteiger partial charge in [-0.05, 0) is 25.6 Å². The first-order chi connectivity index (χ1) is 12.1. The summed E-state index contributed by atoms with van der Waals surface area (Å²) >= 11 is 0. The van der Waals surface area contributed by atoms with Crippen LogP contribution in [0.3, 0.4) is 0 Å². The average molecular weight is 340 g/mol. The summed E-state index contributed by atoms with van der Waals surface area (Å²) in [6, 6.07) is 8.80. The molecule has 7 nitrogen and oxygen atoms in total. The fraction of sp³-hybridized carbons (Fsp3) is 0.500. The maximum absolute atomic E-state index is 5.49. The minimum absolute atomic E-state index is 0.502. The lowest BCUT2D eigenvalue weighted by molar-refractivity contribution is 0.203. The van der Waals surface area contributed by atoms with E-state index in [0.717, 1.165) is 37.4 Å². The van der Waals surface area contributed by atoms with E-state index in [9.17, 15) is 0 Å². The number of hydrogen-bond acceptors (Lipinski definition) is 6. The first-order valence-electron chi connectivity index (χ1n) is 8.72. The number of likely N-dealkylation sites (tertiary alicyclic amines) is 1. The number of benzene rings is 1. The lowest BCUT2D eigenvalue weighted by Gasteiger charge is -2.23. The standard InChI is InChI=1S/C18H24N6O/c1-13-20-21-18(25-13)12-22(2)14-8-9-24(10-14)11-17-19-15-6-4-5-7-16(15)23(17)3/h4-7,14H,8-12H2,1-3H3/t14-/m1/s1. The molecule has 7 heteroatoms. The molecule has 1 atom stereocenters. The van der Waals surface area contributed by atoms with Gasteiger partial charge in [-0.3, -0.25) is 9.80 Å². The van der Waals surface area contributed by atoms with Crippen molar-refractivity contribution in [2.45, 2.75) is 32.5 Å². The van der Waals surface area contributed by atoms with Crippen LogP contribution >= 0.6 is 0 Å². The fourth-order valence-electron chi connectivity index (χ4n) is 3.60. The van der Waals surface area contributed by atoms with Crippen molar-refractivity contribution in [2.75, 3.05) is 20.1 Å². The minimum atomic E-state index is 0.502. The monoisotopic (exact) mass is 340 g/mol. The number of hydrogen-bond donors (Lipinski definition) is 0. The summed E-state index contributed by atoms with van der Waals surface area (Å²) in [4.78, 5) is 9.57. The summed E-state index contributed by atoms with van der Waals surface area (Å²) in [7, 11) is 4.23. The van der Waals surface area contributed by atoms with Crippen LogP contribution in [0.1, 0.15) is 24.0 Å². The Kier molecular flexibility index (Phi) is 4.27. The van der Waals surface area contributed by atoms with Crippen LogP contribution < -0.4 is 0 Å². The van der Waals surface area contributed by atoms with E-state index in [1.165, 1.54) is 5.52 Å². The van der Waals surface area contributed by atoms with Gasteiger partial charge in [0.25, 0.3) is 0 Å². The van der Waals surface area contributed by atoms with Gasteiger partial charge < -0.3 is 8.98 Å². The summed E-state index contributed by atoms with van der Waals surface area (Å²) in [5, 5.41) is 8.00. The van der Waals surface area contributed by atoms with E-state index in [2.05, 4.69) is 56.9 Å². The van der Waals surface area contributed by atoms with Crippen LogP contribution in [0.4, 0.5) is 0 Å². The SMILES string of the molecule is Cc1nnc(CN(C)[C@@H]2CCN(Cc3nc4ccccc4n3C)C2)o1. The highest BCUT2D eigenvalue weighted by atomic mass is 16.4. The van der Waals surface area contributed by atoms with Crippen molar-refractivity contribution in [3.63, 3.8) is 0 Å². The van der Waals surface area contributed by atoms with Crippen molar-refractivity contribution in [2.24, 2.45) is 7.05 Å². The highest BCUT2D eigenvalue weighted by Gasteiger charge is 2.27. The van der Waals surface area contributed by atoms with Gasteiger partial charge in [-0.25, -0.2) is 4.98 Å². The van der Waals surface area contributed by atoms with E-state index in [1.807, 2.05) is 13.0 Å². The largest absolute Gasteiger partial charge is 0.424 e. The summed E-state index contributed by atoms with van der Waals surface area (Å²) in [5.41, 5.74) is 2.26. The predicted octanol–water partition coefficient (Wildman–Crippen LogP) is 1.97. The Hall–Kier alpha value is -2.25. The maximum atomic E-state index is 5.49. The average Bonchev–Trinajstić information content (AvgIpc) is 3.29. The van der Waals surface area contributed by atoms with Crippen molar-refractivity contribution in [3.05, 3.63) is 41.9 Å². The van der Waals surface area contributed by atoms with Gasteiger partial charge in [0, 0.05) is 33.1 Å². The molecule has 1 fully saturated rings. The van der Waals surface area contributed by atoms with Crippen molar-refractivity contribution < 1.29 is 4.42 Å². The fourth-order valence-corrected chi connectivity index (χ4v) is 3.60. The zero-order valence-corrected chi connectivity index (χ0v) is 15.0. The summed E-state index contributed by atoms with van der Waals surface area (Å²) < 4.78 is 7.70. The van der Waals surface area contributed by atoms with E-state index in [-0.39, 0.29) is 0 Å². The Morgan fingerprint density at radius 3 is 2.88 bits per heavy atom. The van der Waals surface area contributed by atoms with Gasteiger partial charge in [0.1, 0.15) is 5.82 Å². The van der Waals surface area contributed by atoms with Crippen LogP contribution in [0.25, 0.3) is 11.0 Å². The van der Waals surface area contributed by atoms with E-state index in [1.54, 1.807) is 0 Å².